The number of benzene rings is 11. The molecule has 1 heterocycles. The maximum absolute atomic E-state index is 2.78. The van der Waals surface area contributed by atoms with Crippen molar-refractivity contribution in [3.63, 3.8) is 0 Å². The SMILES string of the molecule is CCCCCCCCC1(CCCCCCCC)c2cc(C)ccc2-c2ccc3c(c21)c1cc(-c2ccccc2)ccc1n3-c1cc(CCCCCC)c(-c2ccc(N(c3ccc(-c4ccc(N(c5ccc(C)cc5)c5ccc(C(C)(C)C)cc5)cc4)cc3)c3ccc(C(C)(C)C)cc3)cc2)cc1CCCCCC. The van der Waals surface area contributed by atoms with Crippen LogP contribution in [-0.4, -0.2) is 4.57 Å². The smallest absolute Gasteiger partial charge is 0.0544 e. The Hall–Kier alpha value is -9.18. The van der Waals surface area contributed by atoms with E-state index < -0.39 is 0 Å². The zero-order valence-corrected chi connectivity index (χ0v) is 67.8. The van der Waals surface area contributed by atoms with Crippen LogP contribution in [0.4, 0.5) is 34.1 Å². The quantitative estimate of drug-likeness (QED) is 0.0373. The summed E-state index contributed by atoms with van der Waals surface area (Å²) < 4.78 is 2.78. The van der Waals surface area contributed by atoms with Crippen molar-refractivity contribution in [2.45, 2.75) is 253 Å². The van der Waals surface area contributed by atoms with Crippen molar-refractivity contribution >= 4 is 55.9 Å². The fraction of sp³-hybridized carbons (Fsp3) is 0.371. The predicted octanol–water partition coefficient (Wildman–Crippen LogP) is 31.9. The summed E-state index contributed by atoms with van der Waals surface area (Å²) in [6.45, 7) is 27.7. The summed E-state index contributed by atoms with van der Waals surface area (Å²) in [6, 6.07) is 92.1. The Balaban J connectivity index is 0.926. The first-order valence-electron chi connectivity index (χ1n) is 42.1. The first kappa shape index (κ1) is 77.0. The second-order valence-corrected chi connectivity index (χ2v) is 34.0. The molecule has 0 atom stereocenters. The topological polar surface area (TPSA) is 11.4 Å². The Kier molecular flexibility index (Phi) is 25.0. The molecule has 0 fully saturated rings. The predicted molar refractivity (Wildman–Crippen MR) is 471 cm³/mol. The number of nitrogens with zero attached hydrogens (tertiary/aromatic N) is 3. The largest absolute Gasteiger partial charge is 0.311 e. The van der Waals surface area contributed by atoms with Crippen molar-refractivity contribution < 1.29 is 0 Å². The van der Waals surface area contributed by atoms with Crippen molar-refractivity contribution in [1.29, 1.82) is 0 Å². The molecular weight excluding hydrogens is 1300 g/mol. The van der Waals surface area contributed by atoms with Crippen molar-refractivity contribution in [3.05, 3.63) is 281 Å². The van der Waals surface area contributed by atoms with Crippen LogP contribution in [0, 0.1) is 13.8 Å². The number of aromatic nitrogens is 1. The summed E-state index contributed by atoms with van der Waals surface area (Å²) in [5.41, 5.74) is 32.8. The lowest BCUT2D eigenvalue weighted by molar-refractivity contribution is 0.400. The van der Waals surface area contributed by atoms with Crippen LogP contribution in [0.25, 0.3) is 72.0 Å². The fourth-order valence-electron chi connectivity index (χ4n) is 17.6. The Labute approximate surface area is 650 Å². The number of fused-ring (bicyclic) bond motifs is 7. The molecule has 12 aromatic rings. The molecule has 1 aliphatic rings. The molecule has 3 nitrogen and oxygen atoms in total. The Bertz CT molecular complexity index is 4880. The van der Waals surface area contributed by atoms with Crippen LogP contribution in [-0.2, 0) is 29.1 Å². The number of anilines is 6. The van der Waals surface area contributed by atoms with Gasteiger partial charge in [-0.3, -0.25) is 0 Å². The van der Waals surface area contributed by atoms with Gasteiger partial charge in [0, 0.05) is 56.0 Å². The third-order valence-electron chi connectivity index (χ3n) is 23.9. The first-order valence-corrected chi connectivity index (χ1v) is 42.1. The van der Waals surface area contributed by atoms with E-state index in [2.05, 4.69) is 334 Å². The van der Waals surface area contributed by atoms with Crippen molar-refractivity contribution in [3.8, 4) is 50.2 Å². The van der Waals surface area contributed by atoms with Gasteiger partial charge < -0.3 is 14.4 Å². The third kappa shape index (κ3) is 17.1. The lowest BCUT2D eigenvalue weighted by Gasteiger charge is -2.34. The molecular formula is C105H123N3. The minimum absolute atomic E-state index is 0.0278. The molecule has 11 aromatic carbocycles. The highest BCUT2D eigenvalue weighted by Crippen LogP contribution is 2.59. The zero-order chi connectivity index (χ0) is 75.4. The number of rotatable bonds is 34. The lowest BCUT2D eigenvalue weighted by Crippen LogP contribution is -2.26. The highest BCUT2D eigenvalue weighted by molar-refractivity contribution is 6.15. The van der Waals surface area contributed by atoms with Crippen LogP contribution < -0.4 is 9.80 Å². The molecule has 0 aliphatic heterocycles. The molecule has 558 valence electrons. The first-order chi connectivity index (χ1) is 52.5. The minimum Gasteiger partial charge on any atom is -0.311 e. The Morgan fingerprint density at radius 2 is 0.713 bits per heavy atom. The van der Waals surface area contributed by atoms with Gasteiger partial charge in [-0.1, -0.05) is 329 Å². The van der Waals surface area contributed by atoms with E-state index in [1.807, 2.05) is 0 Å². The average molecular weight is 1430 g/mol. The molecule has 0 N–H and O–H groups in total. The van der Waals surface area contributed by atoms with Crippen LogP contribution >= 0.6 is 0 Å². The van der Waals surface area contributed by atoms with Gasteiger partial charge in [0.05, 0.1) is 11.0 Å². The van der Waals surface area contributed by atoms with E-state index in [4.69, 9.17) is 0 Å². The van der Waals surface area contributed by atoms with Crippen LogP contribution in [0.3, 0.4) is 0 Å². The van der Waals surface area contributed by atoms with Crippen LogP contribution in [0.15, 0.2) is 237 Å². The summed E-state index contributed by atoms with van der Waals surface area (Å²) in [4.78, 5) is 4.83. The summed E-state index contributed by atoms with van der Waals surface area (Å²) in [5.74, 6) is 0. The molecule has 0 spiro atoms. The molecule has 1 aliphatic carbocycles. The van der Waals surface area contributed by atoms with Crippen LogP contribution in [0.5, 0.6) is 0 Å². The standard InChI is InChI=1S/C105H123N3/c1-13-17-21-25-27-34-70-105(71-35-28-26-22-18-14-2)97-72-77(6)42-66-93(97)94-67-69-99-101(102(94)105)96-73-82(78-36-32-29-33-37-78)49-68-98(96)108(99)100-75-83(38-30-23-19-15-3)95(74-84(100)39-31-24-20-16-4)81-47-60-90(61-48-81)107(92-64-52-86(53-65-92)104(10,11)12)89-58-45-80(46-59-89)79-43-56-88(57-44-79)106(87-54-40-76(5)41-55-87)91-62-50-85(51-63-91)103(7,8)9/h29,32-33,36-37,40-69,72-75H,13-28,30-31,34-35,38-39,70-71H2,1-12H3. The van der Waals surface area contributed by atoms with E-state index in [-0.39, 0.29) is 16.2 Å². The monoisotopic (exact) mass is 1430 g/mol. The number of aryl methyl sites for hydroxylation is 4. The average Bonchev–Trinajstić information content (AvgIpc) is 1.52. The van der Waals surface area contributed by atoms with E-state index in [0.717, 1.165) is 59.8 Å². The number of hydrogen-bond acceptors (Lipinski definition) is 2. The van der Waals surface area contributed by atoms with E-state index in [1.165, 1.54) is 234 Å². The van der Waals surface area contributed by atoms with Gasteiger partial charge >= 0.3 is 0 Å². The second-order valence-electron chi connectivity index (χ2n) is 34.0. The van der Waals surface area contributed by atoms with Gasteiger partial charge in [-0.15, -0.1) is 0 Å². The molecule has 0 unspecified atom stereocenters. The molecule has 0 radical (unpaired) electrons. The van der Waals surface area contributed by atoms with Crippen LogP contribution in [0.2, 0.25) is 0 Å². The highest BCUT2D eigenvalue weighted by Gasteiger charge is 2.45. The molecule has 0 amide bonds. The van der Waals surface area contributed by atoms with E-state index >= 15 is 0 Å². The fourth-order valence-corrected chi connectivity index (χ4v) is 17.6. The third-order valence-corrected chi connectivity index (χ3v) is 23.9. The summed E-state index contributed by atoms with van der Waals surface area (Å²) in [5, 5.41) is 2.87. The van der Waals surface area contributed by atoms with E-state index in [1.54, 1.807) is 11.1 Å². The maximum Gasteiger partial charge on any atom is 0.0544 e. The molecule has 3 heteroatoms. The zero-order valence-electron chi connectivity index (χ0n) is 67.8. The molecule has 13 rings (SSSR count). The molecule has 0 saturated heterocycles. The second kappa shape index (κ2) is 35.0. The molecule has 0 bridgehead atoms. The van der Waals surface area contributed by atoms with Crippen LogP contribution in [0.1, 0.15) is 255 Å². The van der Waals surface area contributed by atoms with Gasteiger partial charge in [0.15, 0.2) is 0 Å². The Morgan fingerprint density at radius 3 is 1.20 bits per heavy atom. The van der Waals surface area contributed by atoms with Crippen molar-refractivity contribution in [2.75, 3.05) is 9.80 Å². The van der Waals surface area contributed by atoms with Gasteiger partial charge in [0.2, 0.25) is 0 Å². The van der Waals surface area contributed by atoms with Gasteiger partial charge in [0.1, 0.15) is 0 Å². The van der Waals surface area contributed by atoms with Gasteiger partial charge in [-0.25, -0.2) is 0 Å². The summed E-state index contributed by atoms with van der Waals surface area (Å²) in [7, 11) is 0. The summed E-state index contributed by atoms with van der Waals surface area (Å²) >= 11 is 0. The lowest BCUT2D eigenvalue weighted by atomic mass is 9.69. The number of unbranched alkanes of at least 4 members (excludes halogenated alkanes) is 16. The van der Waals surface area contributed by atoms with Crippen molar-refractivity contribution in [2.24, 2.45) is 0 Å². The molecule has 1 aromatic heterocycles. The maximum atomic E-state index is 2.78. The van der Waals surface area contributed by atoms with Gasteiger partial charge in [-0.2, -0.15) is 0 Å². The highest BCUT2D eigenvalue weighted by atomic mass is 15.1. The van der Waals surface area contributed by atoms with Gasteiger partial charge in [-0.05, 0) is 244 Å². The number of hydrogen-bond donors (Lipinski definition) is 0. The normalized spacial score (nSPS) is 12.7. The minimum atomic E-state index is -0.0915. The van der Waals surface area contributed by atoms with E-state index in [9.17, 15) is 0 Å². The molecule has 0 saturated carbocycles. The van der Waals surface area contributed by atoms with Crippen molar-refractivity contribution in [1.82, 2.24) is 4.57 Å². The van der Waals surface area contributed by atoms with Gasteiger partial charge in [0.25, 0.3) is 0 Å². The van der Waals surface area contributed by atoms with E-state index in [0.29, 0.717) is 0 Å². The molecule has 108 heavy (non-hydrogen) atoms. The Morgan fingerprint density at radius 1 is 0.315 bits per heavy atom. The summed E-state index contributed by atoms with van der Waals surface area (Å²) in [6.07, 6.45) is 29.7.